The molecule has 2 nitrogen and oxygen atoms in total. The van der Waals surface area contributed by atoms with Gasteiger partial charge < -0.3 is 19.4 Å². The van der Waals surface area contributed by atoms with Crippen molar-refractivity contribution in [1.29, 1.82) is 0 Å². The summed E-state index contributed by atoms with van der Waals surface area (Å²) in [6.45, 7) is 28.7. The Morgan fingerprint density at radius 2 is 0.554 bits per heavy atom. The number of aryl methyl sites for hydroxylation is 4. The predicted molar refractivity (Wildman–Crippen MR) is 289 cm³/mol. The molecule has 1 heterocycles. The van der Waals surface area contributed by atoms with E-state index < -0.39 is 0 Å². The molecule has 0 aromatic heterocycles. The van der Waals surface area contributed by atoms with Gasteiger partial charge >= 0.3 is 20.4 Å². The van der Waals surface area contributed by atoms with Crippen molar-refractivity contribution >= 4 is 11.4 Å². The molecule has 2 aromatic rings. The van der Waals surface area contributed by atoms with Gasteiger partial charge in [-0.3, -0.25) is 0 Å². The number of nitrogens with zero attached hydrogens (tertiary/aromatic N) is 2. The van der Waals surface area contributed by atoms with Gasteiger partial charge in [-0.25, -0.2) is 4.70 Å². The number of allylic oxidation sites excluding steroid dienone is 2. The van der Waals surface area contributed by atoms with E-state index in [1.54, 1.807) is 51.9 Å². The molecule has 0 fully saturated rings. The summed E-state index contributed by atoms with van der Waals surface area (Å²) in [5.74, 6) is 0. The summed E-state index contributed by atoms with van der Waals surface area (Å²) < 4.78 is 1.76. The molecule has 0 N–H and O–H groups in total. The van der Waals surface area contributed by atoms with E-state index in [2.05, 4.69) is 93.5 Å². The molecule has 0 aliphatic carbocycles. The molecule has 374 valence electrons. The summed E-state index contributed by atoms with van der Waals surface area (Å²) in [5, 5.41) is 0. The fraction of sp³-hybridized carbons (Fsp3) is 0.710. The maximum Gasteiger partial charge on any atom is 2.00 e. The standard InChI is InChI=1S/C58H96N2.2C2H5.Pd/c1-9-17-25-26-27-34-42-56-55(39-24-16-8)57(51-43-47(35-28-18-10-2)53(40-32-22-14-6)48(44-51)36-29-19-11-3)60(59)58(56)52-45-49(37-30-20-12-4)54(41-33-23-15-7)50(46-52)38-31-21-13-5;2*1-2;/h43-46H,9-42H2,1-8H3;2*1H2,2H3;/q;2*-1;+2. The van der Waals surface area contributed by atoms with Crippen molar-refractivity contribution in [2.45, 2.75) is 288 Å². The molecule has 3 heteroatoms. The van der Waals surface area contributed by atoms with E-state index >= 15 is 0 Å². The molecule has 0 bridgehead atoms. The van der Waals surface area contributed by atoms with Crippen LogP contribution in [0.15, 0.2) is 35.4 Å². The molecular weight excluding hydrogens is 879 g/mol. The van der Waals surface area contributed by atoms with Gasteiger partial charge in [-0.05, 0) is 160 Å². The van der Waals surface area contributed by atoms with Crippen LogP contribution in [0.2, 0.25) is 0 Å². The summed E-state index contributed by atoms with van der Waals surface area (Å²) in [6, 6.07) is 10.3. The van der Waals surface area contributed by atoms with Crippen LogP contribution in [0, 0.1) is 13.8 Å². The number of hydrogen-bond acceptors (Lipinski definition) is 0. The number of hydrogen-bond donors (Lipinski definition) is 0. The van der Waals surface area contributed by atoms with E-state index in [9.17, 15) is 5.53 Å². The van der Waals surface area contributed by atoms with Gasteiger partial charge in [0.05, 0.1) is 0 Å². The van der Waals surface area contributed by atoms with E-state index in [1.165, 1.54) is 196 Å². The summed E-state index contributed by atoms with van der Waals surface area (Å²) in [7, 11) is 0. The summed E-state index contributed by atoms with van der Waals surface area (Å²) in [6.07, 6.45) is 42.0. The van der Waals surface area contributed by atoms with Gasteiger partial charge in [-0.15, -0.1) is 0 Å². The molecule has 0 unspecified atom stereocenters. The minimum Gasteiger partial charge on any atom is -0.493 e. The van der Waals surface area contributed by atoms with Crippen LogP contribution in [-0.4, -0.2) is 4.70 Å². The van der Waals surface area contributed by atoms with Gasteiger partial charge in [0.1, 0.15) is 0 Å². The summed E-state index contributed by atoms with van der Waals surface area (Å²) in [5.41, 5.74) is 30.3. The van der Waals surface area contributed by atoms with Crippen LogP contribution in [0.3, 0.4) is 0 Å². The molecule has 2 aromatic carbocycles. The van der Waals surface area contributed by atoms with Crippen molar-refractivity contribution in [3.63, 3.8) is 0 Å². The maximum absolute atomic E-state index is 13.1. The molecule has 0 spiro atoms. The van der Waals surface area contributed by atoms with E-state index in [1.807, 2.05) is 0 Å². The van der Waals surface area contributed by atoms with Crippen molar-refractivity contribution in [2.75, 3.05) is 0 Å². The SMILES string of the molecule is CCCCCCCCC1=C(c2cc(CCCCC)c(CCCCC)c(CCCCC)c2)[N+](=[N-])C(c2cc(CCCCC)c(CCCCC)c(CCCCC)c2)=C1CCCC.[CH2-]C.[CH2-]C.[Pd+2]. The first-order chi connectivity index (χ1) is 31.4. The van der Waals surface area contributed by atoms with Crippen molar-refractivity contribution in [1.82, 2.24) is 0 Å². The Labute approximate surface area is 421 Å². The molecule has 3 rings (SSSR count). The minimum absolute atomic E-state index is 0. The number of benzene rings is 2. The van der Waals surface area contributed by atoms with Crippen LogP contribution in [0.25, 0.3) is 16.9 Å². The molecule has 0 saturated heterocycles. The normalized spacial score (nSPS) is 12.3. The average molecular weight is 986 g/mol. The first-order valence-corrected chi connectivity index (χ1v) is 28.1. The Hall–Kier alpha value is -1.82. The molecule has 65 heavy (non-hydrogen) atoms. The van der Waals surface area contributed by atoms with Crippen LogP contribution in [0.5, 0.6) is 0 Å². The van der Waals surface area contributed by atoms with Crippen molar-refractivity contribution < 1.29 is 25.1 Å². The third-order valence-electron chi connectivity index (χ3n) is 13.6. The quantitative estimate of drug-likeness (QED) is 0.0281. The zero-order valence-electron chi connectivity index (χ0n) is 45.0. The van der Waals surface area contributed by atoms with Crippen LogP contribution in [0.1, 0.15) is 294 Å². The topological polar surface area (TPSA) is 25.3 Å². The second-order valence-corrected chi connectivity index (χ2v) is 18.9. The first-order valence-electron chi connectivity index (χ1n) is 28.1. The van der Waals surface area contributed by atoms with E-state index in [4.69, 9.17) is 0 Å². The van der Waals surface area contributed by atoms with Crippen molar-refractivity contribution in [3.05, 3.63) is 99.3 Å². The molecule has 0 saturated carbocycles. The van der Waals surface area contributed by atoms with Gasteiger partial charge in [-0.1, -0.05) is 171 Å². The zero-order chi connectivity index (χ0) is 47.4. The van der Waals surface area contributed by atoms with Gasteiger partial charge in [-0.2, -0.15) is 13.8 Å². The largest absolute Gasteiger partial charge is 2.00 e. The molecular formula is C62H106N2Pd. The average Bonchev–Trinajstić information content (AvgIpc) is 3.59. The Morgan fingerprint density at radius 3 is 0.862 bits per heavy atom. The van der Waals surface area contributed by atoms with Crippen molar-refractivity contribution in [2.24, 2.45) is 0 Å². The second-order valence-electron chi connectivity index (χ2n) is 18.9. The molecule has 0 amide bonds. The van der Waals surface area contributed by atoms with Crippen LogP contribution in [0.4, 0.5) is 0 Å². The predicted octanol–water partition coefficient (Wildman–Crippen LogP) is 20.9. The Bertz CT molecular complexity index is 1510. The van der Waals surface area contributed by atoms with Gasteiger partial charge in [0.15, 0.2) is 0 Å². The summed E-state index contributed by atoms with van der Waals surface area (Å²) >= 11 is 0. The third-order valence-corrected chi connectivity index (χ3v) is 13.6. The minimum atomic E-state index is 0. The van der Waals surface area contributed by atoms with Gasteiger partial charge in [0, 0.05) is 22.3 Å². The zero-order valence-corrected chi connectivity index (χ0v) is 46.5. The summed E-state index contributed by atoms with van der Waals surface area (Å²) in [4.78, 5) is 0. The Kier molecular flexibility index (Phi) is 40.0. The van der Waals surface area contributed by atoms with Gasteiger partial charge in [0.25, 0.3) is 0 Å². The van der Waals surface area contributed by atoms with E-state index in [0.717, 1.165) is 56.3 Å². The third kappa shape index (κ3) is 22.4. The molecule has 1 aliphatic rings. The Morgan fingerprint density at radius 1 is 0.323 bits per heavy atom. The van der Waals surface area contributed by atoms with Crippen LogP contribution >= 0.6 is 0 Å². The molecule has 1 aliphatic heterocycles. The maximum atomic E-state index is 13.1. The van der Waals surface area contributed by atoms with Crippen molar-refractivity contribution in [3.8, 4) is 0 Å². The van der Waals surface area contributed by atoms with Crippen LogP contribution in [-0.2, 0) is 58.9 Å². The van der Waals surface area contributed by atoms with Gasteiger partial charge in [0.2, 0.25) is 11.4 Å². The fourth-order valence-corrected chi connectivity index (χ4v) is 9.99. The van der Waals surface area contributed by atoms with E-state index in [-0.39, 0.29) is 20.4 Å². The molecule has 0 radical (unpaired) electrons. The smallest absolute Gasteiger partial charge is 0.493 e. The molecule has 0 atom stereocenters. The number of unbranched alkanes of at least 4 members (excludes halogenated alkanes) is 18. The van der Waals surface area contributed by atoms with Crippen LogP contribution < -0.4 is 0 Å². The fourth-order valence-electron chi connectivity index (χ4n) is 9.99. The Balaban J connectivity index is 0.00000796. The monoisotopic (exact) mass is 985 g/mol. The van der Waals surface area contributed by atoms with E-state index in [0.29, 0.717) is 0 Å². The number of rotatable bonds is 36. The first kappa shape index (κ1) is 63.2. The second kappa shape index (κ2) is 41.2.